The maximum absolute atomic E-state index is 13.0. The summed E-state index contributed by atoms with van der Waals surface area (Å²) in [6.45, 7) is 1.74. The fourth-order valence-corrected chi connectivity index (χ4v) is 0.942. The summed E-state index contributed by atoms with van der Waals surface area (Å²) in [5.74, 6) is -0.310. The molecule has 11 heavy (non-hydrogen) atoms. The van der Waals surface area contributed by atoms with Crippen LogP contribution in [-0.2, 0) is 0 Å². The van der Waals surface area contributed by atoms with E-state index in [2.05, 4.69) is 0 Å². The van der Waals surface area contributed by atoms with E-state index >= 15 is 0 Å². The van der Waals surface area contributed by atoms with Crippen LogP contribution in [0.2, 0.25) is 5.02 Å². The summed E-state index contributed by atoms with van der Waals surface area (Å²) in [7, 11) is 1.41. The number of hydrogen-bond donors (Lipinski definition) is 0. The van der Waals surface area contributed by atoms with Crippen LogP contribution in [0.4, 0.5) is 4.39 Å². The molecule has 0 fully saturated rings. The molecule has 1 nitrogen and oxygen atoms in total. The lowest BCUT2D eigenvalue weighted by Crippen LogP contribution is -1.89. The molecular formula is C8H8ClFO. The first kappa shape index (κ1) is 8.34. The lowest BCUT2D eigenvalue weighted by molar-refractivity contribution is 0.386. The van der Waals surface area contributed by atoms with Gasteiger partial charge in [0.05, 0.1) is 12.1 Å². The van der Waals surface area contributed by atoms with Gasteiger partial charge in [-0.15, -0.1) is 0 Å². The Morgan fingerprint density at radius 2 is 2.09 bits per heavy atom. The van der Waals surface area contributed by atoms with E-state index in [-0.39, 0.29) is 10.8 Å². The van der Waals surface area contributed by atoms with E-state index in [9.17, 15) is 4.39 Å². The maximum Gasteiger partial charge on any atom is 0.183 e. The molecule has 1 aromatic carbocycles. The van der Waals surface area contributed by atoms with Crippen LogP contribution in [0.15, 0.2) is 12.1 Å². The van der Waals surface area contributed by atoms with Crippen LogP contribution in [0.5, 0.6) is 5.75 Å². The number of benzene rings is 1. The van der Waals surface area contributed by atoms with E-state index in [4.69, 9.17) is 16.3 Å². The van der Waals surface area contributed by atoms with Crippen molar-refractivity contribution < 1.29 is 9.13 Å². The second kappa shape index (κ2) is 3.09. The Labute approximate surface area is 69.7 Å². The van der Waals surface area contributed by atoms with Gasteiger partial charge in [-0.1, -0.05) is 17.7 Å². The molecule has 60 valence electrons. The van der Waals surface area contributed by atoms with Gasteiger partial charge in [0, 0.05) is 0 Å². The molecule has 0 spiro atoms. The Kier molecular flexibility index (Phi) is 2.35. The molecule has 0 bridgehead atoms. The highest BCUT2D eigenvalue weighted by molar-refractivity contribution is 6.31. The number of aryl methyl sites for hydroxylation is 1. The molecule has 0 aliphatic carbocycles. The highest BCUT2D eigenvalue weighted by atomic mass is 35.5. The van der Waals surface area contributed by atoms with Crippen molar-refractivity contribution in [2.45, 2.75) is 6.92 Å². The standard InChI is InChI=1S/C8H8ClFO/c1-5-3-4-6(11-2)8(10)7(5)9/h3-4H,1-2H3. The van der Waals surface area contributed by atoms with Gasteiger partial charge in [-0.3, -0.25) is 0 Å². The molecule has 3 heteroatoms. The zero-order valence-corrected chi connectivity index (χ0v) is 7.07. The van der Waals surface area contributed by atoms with Crippen LogP contribution in [0.3, 0.4) is 0 Å². The summed E-state index contributed by atoms with van der Waals surface area (Å²) < 4.78 is 17.7. The van der Waals surface area contributed by atoms with E-state index in [0.29, 0.717) is 5.56 Å². The van der Waals surface area contributed by atoms with Crippen molar-refractivity contribution in [3.8, 4) is 5.75 Å². The van der Waals surface area contributed by atoms with Gasteiger partial charge >= 0.3 is 0 Å². The van der Waals surface area contributed by atoms with Crippen LogP contribution >= 0.6 is 11.6 Å². The Morgan fingerprint density at radius 3 is 2.64 bits per heavy atom. The monoisotopic (exact) mass is 174 g/mol. The van der Waals surface area contributed by atoms with Crippen molar-refractivity contribution in [2.24, 2.45) is 0 Å². The Hall–Kier alpha value is -0.760. The largest absolute Gasteiger partial charge is 0.494 e. The van der Waals surface area contributed by atoms with Gasteiger partial charge in [-0.2, -0.15) is 0 Å². The number of hydrogen-bond acceptors (Lipinski definition) is 1. The third-order valence-electron chi connectivity index (χ3n) is 1.46. The third kappa shape index (κ3) is 1.46. The molecule has 0 amide bonds. The number of ether oxygens (including phenoxy) is 1. The Balaban J connectivity index is 3.25. The Morgan fingerprint density at radius 1 is 1.45 bits per heavy atom. The van der Waals surface area contributed by atoms with Crippen LogP contribution in [0.1, 0.15) is 5.56 Å². The minimum Gasteiger partial charge on any atom is -0.494 e. The first-order valence-electron chi connectivity index (χ1n) is 3.15. The highest BCUT2D eigenvalue weighted by Crippen LogP contribution is 2.26. The van der Waals surface area contributed by atoms with E-state index in [1.165, 1.54) is 7.11 Å². The van der Waals surface area contributed by atoms with Crippen LogP contribution in [0, 0.1) is 12.7 Å². The number of rotatable bonds is 1. The average molecular weight is 175 g/mol. The molecule has 0 aliphatic rings. The average Bonchev–Trinajstić information content (AvgIpc) is 2.01. The smallest absolute Gasteiger partial charge is 0.183 e. The zero-order valence-electron chi connectivity index (χ0n) is 6.32. The first-order chi connectivity index (χ1) is 5.16. The molecule has 0 aliphatic heterocycles. The van der Waals surface area contributed by atoms with Crippen molar-refractivity contribution in [1.82, 2.24) is 0 Å². The first-order valence-corrected chi connectivity index (χ1v) is 3.53. The second-order valence-electron chi connectivity index (χ2n) is 2.21. The van der Waals surface area contributed by atoms with Gasteiger partial charge in [0.1, 0.15) is 0 Å². The molecular weight excluding hydrogens is 167 g/mol. The molecule has 0 atom stereocenters. The third-order valence-corrected chi connectivity index (χ3v) is 1.92. The lowest BCUT2D eigenvalue weighted by Gasteiger charge is -2.04. The maximum atomic E-state index is 13.0. The molecule has 0 heterocycles. The van der Waals surface area contributed by atoms with Gasteiger partial charge in [0.2, 0.25) is 0 Å². The quantitative estimate of drug-likeness (QED) is 0.636. The van der Waals surface area contributed by atoms with Gasteiger partial charge in [-0.25, -0.2) is 4.39 Å². The van der Waals surface area contributed by atoms with E-state index < -0.39 is 5.82 Å². The molecule has 0 N–H and O–H groups in total. The fourth-order valence-electron chi connectivity index (χ4n) is 0.786. The highest BCUT2D eigenvalue weighted by Gasteiger charge is 2.08. The summed E-state index contributed by atoms with van der Waals surface area (Å²) in [5.41, 5.74) is 0.713. The summed E-state index contributed by atoms with van der Waals surface area (Å²) >= 11 is 5.61. The van der Waals surface area contributed by atoms with Crippen LogP contribution < -0.4 is 4.74 Å². The molecule has 0 aromatic heterocycles. The number of methoxy groups -OCH3 is 1. The van der Waals surface area contributed by atoms with Gasteiger partial charge < -0.3 is 4.74 Å². The van der Waals surface area contributed by atoms with Crippen molar-refractivity contribution >= 4 is 11.6 Å². The van der Waals surface area contributed by atoms with E-state index in [1.54, 1.807) is 19.1 Å². The molecule has 0 radical (unpaired) electrons. The van der Waals surface area contributed by atoms with Crippen LogP contribution in [-0.4, -0.2) is 7.11 Å². The Bertz CT molecular complexity index is 273. The molecule has 0 saturated carbocycles. The predicted octanol–water partition coefficient (Wildman–Crippen LogP) is 2.80. The summed E-state index contributed by atoms with van der Waals surface area (Å²) in [6.07, 6.45) is 0. The van der Waals surface area contributed by atoms with Gasteiger partial charge in [-0.05, 0) is 18.6 Å². The van der Waals surface area contributed by atoms with Crippen molar-refractivity contribution in [3.05, 3.63) is 28.5 Å². The topological polar surface area (TPSA) is 9.23 Å². The second-order valence-corrected chi connectivity index (χ2v) is 2.59. The summed E-state index contributed by atoms with van der Waals surface area (Å²) in [5, 5.41) is 0.129. The lowest BCUT2D eigenvalue weighted by atomic mass is 10.2. The summed E-state index contributed by atoms with van der Waals surface area (Å²) in [6, 6.07) is 3.26. The minimum absolute atomic E-state index is 0.129. The molecule has 1 aromatic rings. The summed E-state index contributed by atoms with van der Waals surface area (Å²) in [4.78, 5) is 0. The minimum atomic E-state index is -0.492. The number of halogens is 2. The van der Waals surface area contributed by atoms with E-state index in [0.717, 1.165) is 0 Å². The van der Waals surface area contributed by atoms with Crippen LogP contribution in [0.25, 0.3) is 0 Å². The van der Waals surface area contributed by atoms with Crippen molar-refractivity contribution in [1.29, 1.82) is 0 Å². The SMILES string of the molecule is COc1ccc(C)c(Cl)c1F. The predicted molar refractivity (Wildman–Crippen MR) is 42.7 cm³/mol. The van der Waals surface area contributed by atoms with Crippen molar-refractivity contribution in [2.75, 3.05) is 7.11 Å². The molecule has 1 rings (SSSR count). The normalized spacial score (nSPS) is 9.82. The van der Waals surface area contributed by atoms with E-state index in [1.807, 2.05) is 0 Å². The molecule has 0 saturated heterocycles. The van der Waals surface area contributed by atoms with Gasteiger partial charge in [0.15, 0.2) is 11.6 Å². The zero-order chi connectivity index (χ0) is 8.43. The van der Waals surface area contributed by atoms with Crippen molar-refractivity contribution in [3.63, 3.8) is 0 Å². The molecule has 0 unspecified atom stereocenters. The van der Waals surface area contributed by atoms with Gasteiger partial charge in [0.25, 0.3) is 0 Å². The fraction of sp³-hybridized carbons (Fsp3) is 0.250.